The summed E-state index contributed by atoms with van der Waals surface area (Å²) in [6.07, 6.45) is 0. The molecular weight excluding hydrogens is 392 g/mol. The van der Waals surface area contributed by atoms with Crippen molar-refractivity contribution in [2.24, 2.45) is 10.7 Å². The number of ether oxygens (including phenoxy) is 3. The fourth-order valence-corrected chi connectivity index (χ4v) is 3.41. The second kappa shape index (κ2) is 10.3. The van der Waals surface area contributed by atoms with Gasteiger partial charge in [-0.25, -0.2) is 0 Å². The van der Waals surface area contributed by atoms with E-state index in [0.29, 0.717) is 47.9 Å². The van der Waals surface area contributed by atoms with Crippen LogP contribution in [0.4, 0.5) is 5.69 Å². The normalized spacial score (nSPS) is 16.3. The van der Waals surface area contributed by atoms with Crippen LogP contribution in [-0.4, -0.2) is 57.9 Å². The molecule has 8 heteroatoms. The highest BCUT2D eigenvalue weighted by Gasteiger charge is 2.22. The fraction of sp³-hybridized carbons (Fsp3) is 0.381. The van der Waals surface area contributed by atoms with Gasteiger partial charge in [0.1, 0.15) is 11.5 Å². The molecule has 0 aliphatic carbocycles. The van der Waals surface area contributed by atoms with E-state index < -0.39 is 0 Å². The van der Waals surface area contributed by atoms with E-state index >= 15 is 0 Å². The molecule has 3 N–H and O–H groups in total. The number of benzene rings is 2. The predicted octanol–water partition coefficient (Wildman–Crippen LogP) is 3.16. The summed E-state index contributed by atoms with van der Waals surface area (Å²) >= 11 is 6.06. The summed E-state index contributed by atoms with van der Waals surface area (Å²) in [6.45, 7) is 3.62. The number of morpholine rings is 1. The van der Waals surface area contributed by atoms with Crippen LogP contribution in [0.3, 0.4) is 0 Å². The number of nitrogens with two attached hydrogens (primary N) is 1. The molecule has 1 fully saturated rings. The second-order valence-corrected chi connectivity index (χ2v) is 7.07. The van der Waals surface area contributed by atoms with Gasteiger partial charge in [0.05, 0.1) is 45.7 Å². The standard InChI is InChI=1S/C21H27ClN4O3/c1-27-17-7-8-20(28-2)18(13-17)25-21(23)24-14-19(26-9-11-29-12-10-26)15-3-5-16(22)6-4-15/h3-8,13,19H,9-12,14H2,1-2H3,(H3,23,24,25). The SMILES string of the molecule is COc1ccc(OC)c(NC(N)=NCC(c2ccc(Cl)cc2)N2CCOCC2)c1. The highest BCUT2D eigenvalue weighted by atomic mass is 35.5. The fourth-order valence-electron chi connectivity index (χ4n) is 3.28. The van der Waals surface area contributed by atoms with Crippen molar-refractivity contribution in [3.05, 3.63) is 53.1 Å². The predicted molar refractivity (Wildman–Crippen MR) is 116 cm³/mol. The Morgan fingerprint density at radius 2 is 1.90 bits per heavy atom. The largest absolute Gasteiger partial charge is 0.497 e. The van der Waals surface area contributed by atoms with Crippen molar-refractivity contribution >= 4 is 23.2 Å². The van der Waals surface area contributed by atoms with Crippen LogP contribution in [0, 0.1) is 0 Å². The smallest absolute Gasteiger partial charge is 0.193 e. The molecule has 0 bridgehead atoms. The number of halogens is 1. The molecule has 2 aromatic carbocycles. The molecule has 3 rings (SSSR count). The molecule has 1 unspecified atom stereocenters. The minimum Gasteiger partial charge on any atom is -0.497 e. The van der Waals surface area contributed by atoms with Crippen LogP contribution in [0.25, 0.3) is 0 Å². The zero-order chi connectivity index (χ0) is 20.6. The summed E-state index contributed by atoms with van der Waals surface area (Å²) in [5.74, 6) is 1.67. The lowest BCUT2D eigenvalue weighted by atomic mass is 10.0. The van der Waals surface area contributed by atoms with Gasteiger partial charge in [0.2, 0.25) is 0 Å². The Morgan fingerprint density at radius 3 is 2.55 bits per heavy atom. The lowest BCUT2D eigenvalue weighted by Crippen LogP contribution is -2.40. The zero-order valence-electron chi connectivity index (χ0n) is 16.7. The van der Waals surface area contributed by atoms with E-state index in [1.807, 2.05) is 42.5 Å². The first kappa shape index (κ1) is 21.2. The Balaban J connectivity index is 1.76. The lowest BCUT2D eigenvalue weighted by molar-refractivity contribution is 0.0180. The minimum atomic E-state index is 0.0868. The highest BCUT2D eigenvalue weighted by Crippen LogP contribution is 2.29. The number of methoxy groups -OCH3 is 2. The van der Waals surface area contributed by atoms with Crippen LogP contribution in [0.15, 0.2) is 47.5 Å². The summed E-state index contributed by atoms with van der Waals surface area (Å²) in [5.41, 5.74) is 8.02. The van der Waals surface area contributed by atoms with Crippen molar-refractivity contribution < 1.29 is 14.2 Å². The van der Waals surface area contributed by atoms with Crippen LogP contribution in [0.5, 0.6) is 11.5 Å². The van der Waals surface area contributed by atoms with Crippen molar-refractivity contribution in [1.82, 2.24) is 4.90 Å². The summed E-state index contributed by atoms with van der Waals surface area (Å²) in [4.78, 5) is 6.95. The summed E-state index contributed by atoms with van der Waals surface area (Å²) in [6, 6.07) is 13.4. The van der Waals surface area contributed by atoms with Crippen LogP contribution < -0.4 is 20.5 Å². The molecule has 156 valence electrons. The van der Waals surface area contributed by atoms with Crippen LogP contribution in [-0.2, 0) is 4.74 Å². The Kier molecular flexibility index (Phi) is 7.57. The van der Waals surface area contributed by atoms with E-state index in [1.165, 1.54) is 0 Å². The molecule has 1 atom stereocenters. The molecule has 0 saturated carbocycles. The van der Waals surface area contributed by atoms with Crippen LogP contribution in [0.1, 0.15) is 11.6 Å². The lowest BCUT2D eigenvalue weighted by Gasteiger charge is -2.34. The van der Waals surface area contributed by atoms with Crippen LogP contribution >= 0.6 is 11.6 Å². The molecule has 0 spiro atoms. The van der Waals surface area contributed by atoms with E-state index in [0.717, 1.165) is 18.7 Å². The Hall–Kier alpha value is -2.48. The van der Waals surface area contributed by atoms with Gasteiger partial charge < -0.3 is 25.3 Å². The first-order valence-corrected chi connectivity index (χ1v) is 9.84. The molecule has 1 aliphatic heterocycles. The van der Waals surface area contributed by atoms with Gasteiger partial charge >= 0.3 is 0 Å². The monoisotopic (exact) mass is 418 g/mol. The third-order valence-electron chi connectivity index (χ3n) is 4.85. The molecule has 0 radical (unpaired) electrons. The summed E-state index contributed by atoms with van der Waals surface area (Å²) in [5, 5.41) is 3.83. The molecule has 29 heavy (non-hydrogen) atoms. The third kappa shape index (κ3) is 5.76. The van der Waals surface area contributed by atoms with Crippen molar-refractivity contribution in [3.63, 3.8) is 0 Å². The zero-order valence-corrected chi connectivity index (χ0v) is 17.5. The van der Waals surface area contributed by atoms with Crippen molar-refractivity contribution in [2.45, 2.75) is 6.04 Å². The highest BCUT2D eigenvalue weighted by molar-refractivity contribution is 6.30. The van der Waals surface area contributed by atoms with E-state index in [-0.39, 0.29) is 6.04 Å². The van der Waals surface area contributed by atoms with Gasteiger partial charge in [-0.1, -0.05) is 23.7 Å². The Morgan fingerprint density at radius 1 is 1.17 bits per heavy atom. The van der Waals surface area contributed by atoms with E-state index in [2.05, 4.69) is 15.2 Å². The van der Waals surface area contributed by atoms with Crippen molar-refractivity contribution in [3.8, 4) is 11.5 Å². The van der Waals surface area contributed by atoms with Crippen molar-refractivity contribution in [2.75, 3.05) is 52.4 Å². The molecule has 1 aliphatic rings. The van der Waals surface area contributed by atoms with Gasteiger partial charge in [-0.05, 0) is 29.8 Å². The number of hydrogen-bond acceptors (Lipinski definition) is 5. The average molecular weight is 419 g/mol. The maximum absolute atomic E-state index is 6.18. The van der Waals surface area contributed by atoms with Gasteiger partial charge in [0.25, 0.3) is 0 Å². The topological polar surface area (TPSA) is 81.3 Å². The van der Waals surface area contributed by atoms with Gasteiger partial charge in [-0.15, -0.1) is 0 Å². The Bertz CT molecular complexity index is 823. The molecule has 0 aromatic heterocycles. The maximum Gasteiger partial charge on any atom is 0.193 e. The minimum absolute atomic E-state index is 0.0868. The second-order valence-electron chi connectivity index (χ2n) is 6.63. The molecule has 0 amide bonds. The molecule has 2 aromatic rings. The molecular formula is C21H27ClN4O3. The average Bonchev–Trinajstić information content (AvgIpc) is 2.75. The van der Waals surface area contributed by atoms with Crippen LogP contribution in [0.2, 0.25) is 5.02 Å². The van der Waals surface area contributed by atoms with E-state index in [4.69, 9.17) is 31.5 Å². The number of aliphatic imine (C=N–C) groups is 1. The molecule has 7 nitrogen and oxygen atoms in total. The van der Waals surface area contributed by atoms with Gasteiger partial charge in [0.15, 0.2) is 5.96 Å². The number of nitrogens with zero attached hydrogens (tertiary/aromatic N) is 2. The van der Waals surface area contributed by atoms with Gasteiger partial charge in [0, 0.05) is 24.2 Å². The maximum atomic E-state index is 6.18. The van der Waals surface area contributed by atoms with E-state index in [1.54, 1.807) is 14.2 Å². The van der Waals surface area contributed by atoms with E-state index in [9.17, 15) is 0 Å². The Labute approximate surface area is 176 Å². The number of anilines is 1. The quantitative estimate of drug-likeness (QED) is 0.531. The van der Waals surface area contributed by atoms with Crippen molar-refractivity contribution in [1.29, 1.82) is 0 Å². The number of guanidine groups is 1. The number of hydrogen-bond donors (Lipinski definition) is 2. The van der Waals surface area contributed by atoms with Gasteiger partial charge in [-0.2, -0.15) is 0 Å². The first-order chi connectivity index (χ1) is 14.1. The number of nitrogens with one attached hydrogen (secondary N) is 1. The molecule has 1 heterocycles. The third-order valence-corrected chi connectivity index (χ3v) is 5.10. The molecule has 1 saturated heterocycles. The summed E-state index contributed by atoms with van der Waals surface area (Å²) in [7, 11) is 3.22. The first-order valence-electron chi connectivity index (χ1n) is 9.47. The number of rotatable bonds is 7. The van der Waals surface area contributed by atoms with Gasteiger partial charge in [-0.3, -0.25) is 9.89 Å². The summed E-state index contributed by atoms with van der Waals surface area (Å²) < 4.78 is 16.2.